The summed E-state index contributed by atoms with van der Waals surface area (Å²) in [5.74, 6) is -0.226. The minimum atomic E-state index is -0.904. The number of rotatable bonds is 10. The fourth-order valence-electron chi connectivity index (χ4n) is 3.59. The minimum absolute atomic E-state index is 0.0251. The van der Waals surface area contributed by atoms with Gasteiger partial charge in [0, 0.05) is 37.2 Å². The van der Waals surface area contributed by atoms with Gasteiger partial charge in [0.05, 0.1) is 12.8 Å². The molecular weight excluding hydrogens is 433 g/mol. The van der Waals surface area contributed by atoms with E-state index in [4.69, 9.17) is 10.5 Å². The highest BCUT2D eigenvalue weighted by molar-refractivity contribution is 6.20. The molecule has 0 aliphatic heterocycles. The number of anilines is 1. The Labute approximate surface area is 198 Å². The Morgan fingerprint density at radius 2 is 1.85 bits per heavy atom. The first-order chi connectivity index (χ1) is 16.5. The van der Waals surface area contributed by atoms with Crippen LogP contribution < -0.4 is 15.8 Å². The lowest BCUT2D eigenvalue weighted by Gasteiger charge is -2.21. The van der Waals surface area contributed by atoms with Gasteiger partial charge in [-0.3, -0.25) is 9.79 Å². The normalized spacial score (nSPS) is 12.8. The highest BCUT2D eigenvalue weighted by Gasteiger charge is 2.25. The third kappa shape index (κ3) is 6.08. The number of ketones is 1. The number of halogens is 1. The predicted molar refractivity (Wildman–Crippen MR) is 134 cm³/mol. The van der Waals surface area contributed by atoms with E-state index in [1.807, 2.05) is 42.5 Å². The predicted octanol–water partition coefficient (Wildman–Crippen LogP) is 4.16. The first-order valence-electron chi connectivity index (χ1n) is 10.8. The van der Waals surface area contributed by atoms with Crippen LogP contribution in [0, 0.1) is 5.82 Å². The number of methoxy groups -OCH3 is 1. The number of carbonyl (C=O) groups is 1. The van der Waals surface area contributed by atoms with Crippen molar-refractivity contribution in [3.05, 3.63) is 101 Å². The van der Waals surface area contributed by atoms with Gasteiger partial charge in [-0.05, 0) is 47.4 Å². The van der Waals surface area contributed by atoms with E-state index >= 15 is 0 Å². The van der Waals surface area contributed by atoms with Crippen LogP contribution >= 0.6 is 0 Å². The van der Waals surface area contributed by atoms with Gasteiger partial charge in [0.1, 0.15) is 17.6 Å². The van der Waals surface area contributed by atoms with Gasteiger partial charge in [-0.15, -0.1) is 0 Å². The van der Waals surface area contributed by atoms with E-state index in [-0.39, 0.29) is 12.3 Å². The fraction of sp³-hybridized carbons (Fsp3) is 0.185. The summed E-state index contributed by atoms with van der Waals surface area (Å²) in [5.41, 5.74) is 9.65. The number of benzene rings is 3. The maximum Gasteiger partial charge on any atom is 0.205 e. The van der Waals surface area contributed by atoms with Gasteiger partial charge >= 0.3 is 0 Å². The first kappa shape index (κ1) is 24.7. The van der Waals surface area contributed by atoms with Crippen molar-refractivity contribution < 1.29 is 19.0 Å². The van der Waals surface area contributed by atoms with Crippen molar-refractivity contribution in [3.8, 4) is 5.75 Å². The number of Topliss-reactive ketones (excluding diaryl/α,β-unsaturated/α-hetero) is 1. The molecule has 34 heavy (non-hydrogen) atoms. The number of allylic oxidation sites excluding steroid dienone is 1. The molecule has 0 heterocycles. The number of hydrogen-bond acceptors (Lipinski definition) is 6. The largest absolute Gasteiger partial charge is 0.497 e. The van der Waals surface area contributed by atoms with E-state index in [1.165, 1.54) is 12.1 Å². The molecule has 6 nitrogen and oxygen atoms in total. The molecule has 0 saturated heterocycles. The van der Waals surface area contributed by atoms with E-state index < -0.39 is 17.6 Å². The number of nitrogens with one attached hydrogen (secondary N) is 1. The molecule has 1 atom stereocenters. The van der Waals surface area contributed by atoms with E-state index in [2.05, 4.69) is 10.3 Å². The summed E-state index contributed by atoms with van der Waals surface area (Å²) in [4.78, 5) is 17.8. The summed E-state index contributed by atoms with van der Waals surface area (Å²) in [5, 5.41) is 12.6. The topological polar surface area (TPSA) is 96.9 Å². The highest BCUT2D eigenvalue weighted by Crippen LogP contribution is 2.28. The molecule has 0 aliphatic carbocycles. The van der Waals surface area contributed by atoms with Gasteiger partial charge in [0.25, 0.3) is 0 Å². The van der Waals surface area contributed by atoms with Crippen LogP contribution in [0.5, 0.6) is 5.75 Å². The van der Waals surface area contributed by atoms with Crippen LogP contribution in [-0.2, 0) is 11.2 Å². The number of aliphatic hydroxyl groups is 1. The van der Waals surface area contributed by atoms with Crippen molar-refractivity contribution >= 4 is 23.3 Å². The Balaban J connectivity index is 2.09. The molecule has 1 unspecified atom stereocenters. The number of aliphatic imine (C=N–C) groups is 1. The van der Waals surface area contributed by atoms with Crippen molar-refractivity contribution in [2.45, 2.75) is 12.5 Å². The summed E-state index contributed by atoms with van der Waals surface area (Å²) >= 11 is 0. The van der Waals surface area contributed by atoms with Crippen LogP contribution in [0.15, 0.2) is 83.5 Å². The van der Waals surface area contributed by atoms with Gasteiger partial charge in [-0.2, -0.15) is 0 Å². The molecule has 7 heteroatoms. The Kier molecular flexibility index (Phi) is 8.54. The zero-order valence-corrected chi connectivity index (χ0v) is 19.2. The molecule has 0 fully saturated rings. The maximum atomic E-state index is 13.7. The third-order valence-corrected chi connectivity index (χ3v) is 5.28. The molecule has 3 aromatic rings. The van der Waals surface area contributed by atoms with Crippen molar-refractivity contribution in [1.29, 1.82) is 0 Å². The average Bonchev–Trinajstić information content (AvgIpc) is 2.86. The number of aliphatic hydroxyl groups excluding tert-OH is 1. The molecule has 0 saturated carbocycles. The molecule has 4 N–H and O–H groups in total. The lowest BCUT2D eigenvalue weighted by Crippen LogP contribution is -2.27. The molecule has 3 aromatic carbocycles. The zero-order chi connectivity index (χ0) is 24.5. The van der Waals surface area contributed by atoms with Crippen molar-refractivity contribution in [3.63, 3.8) is 0 Å². The first-order valence-corrected chi connectivity index (χ1v) is 10.8. The highest BCUT2D eigenvalue weighted by atomic mass is 19.1. The van der Waals surface area contributed by atoms with E-state index in [1.54, 1.807) is 38.6 Å². The molecular formula is C27H28FN3O3. The Hall–Kier alpha value is -3.97. The van der Waals surface area contributed by atoms with Gasteiger partial charge in [0.15, 0.2) is 0 Å². The van der Waals surface area contributed by atoms with Crippen LogP contribution in [0.1, 0.15) is 22.7 Å². The summed E-state index contributed by atoms with van der Waals surface area (Å²) in [6, 6.07) is 19.4. The maximum absolute atomic E-state index is 13.7. The van der Waals surface area contributed by atoms with Crippen molar-refractivity contribution in [2.75, 3.05) is 26.1 Å². The second kappa shape index (κ2) is 11.8. The van der Waals surface area contributed by atoms with Crippen LogP contribution in [0.4, 0.5) is 10.1 Å². The van der Waals surface area contributed by atoms with Crippen LogP contribution in [0.25, 0.3) is 5.57 Å². The molecule has 3 rings (SSSR count). The third-order valence-electron chi connectivity index (χ3n) is 5.28. The van der Waals surface area contributed by atoms with Crippen LogP contribution in [0.3, 0.4) is 0 Å². The molecule has 0 aliphatic rings. The molecule has 0 bridgehead atoms. The van der Waals surface area contributed by atoms with Gasteiger partial charge in [-0.1, -0.05) is 42.5 Å². The number of ether oxygens (including phenoxy) is 1. The monoisotopic (exact) mass is 461 g/mol. The van der Waals surface area contributed by atoms with Crippen molar-refractivity contribution in [1.82, 2.24) is 0 Å². The molecule has 0 radical (unpaired) electrons. The summed E-state index contributed by atoms with van der Waals surface area (Å²) in [6.07, 6.45) is 1.98. The Morgan fingerprint density at radius 3 is 2.47 bits per heavy atom. The van der Waals surface area contributed by atoms with Crippen LogP contribution in [-0.4, -0.2) is 37.9 Å². The molecule has 0 aromatic heterocycles. The second-order valence-corrected chi connectivity index (χ2v) is 7.62. The second-order valence-electron chi connectivity index (χ2n) is 7.62. The molecule has 176 valence electrons. The number of carbonyl (C=O) groups excluding carboxylic acids is 1. The van der Waals surface area contributed by atoms with E-state index in [0.717, 1.165) is 11.1 Å². The summed E-state index contributed by atoms with van der Waals surface area (Å²) in [6.45, 7) is -0.0284. The van der Waals surface area contributed by atoms with Gasteiger partial charge < -0.3 is 20.9 Å². The fourth-order valence-corrected chi connectivity index (χ4v) is 3.59. The molecule has 0 spiro atoms. The molecule has 0 amide bonds. The van der Waals surface area contributed by atoms with Gasteiger partial charge in [0.2, 0.25) is 5.78 Å². The summed E-state index contributed by atoms with van der Waals surface area (Å²) < 4.78 is 19.0. The average molecular weight is 462 g/mol. The lowest BCUT2D eigenvalue weighted by atomic mass is 9.95. The minimum Gasteiger partial charge on any atom is -0.497 e. The standard InChI is InChI=1S/C27H28FN3O3/c1-30-17-24(19-6-4-3-5-7-19)25(29)27(33)26(20-8-10-21(28)11-9-20)31-22-14-18(12-13-32)15-23(16-22)34-2/h3-11,14-17,26,31-32H,12-13,29H2,1-2H3. The number of nitrogens with zero attached hydrogens (tertiary/aromatic N) is 1. The van der Waals surface area contributed by atoms with Gasteiger partial charge in [-0.25, -0.2) is 4.39 Å². The van der Waals surface area contributed by atoms with E-state index in [0.29, 0.717) is 29.0 Å². The smallest absolute Gasteiger partial charge is 0.205 e. The SMILES string of the molecule is CN=CC(=C(N)C(=O)C(Nc1cc(CCO)cc(OC)c1)c1ccc(F)cc1)c1ccccc1. The Bertz CT molecular complexity index is 1180. The Morgan fingerprint density at radius 1 is 1.15 bits per heavy atom. The number of nitrogens with two attached hydrogens (primary N) is 1. The quantitative estimate of drug-likeness (QED) is 0.311. The lowest BCUT2D eigenvalue weighted by molar-refractivity contribution is -0.116. The van der Waals surface area contributed by atoms with Crippen LogP contribution in [0.2, 0.25) is 0 Å². The van der Waals surface area contributed by atoms with Crippen molar-refractivity contribution in [2.24, 2.45) is 10.7 Å². The van der Waals surface area contributed by atoms with E-state index in [9.17, 15) is 14.3 Å². The summed E-state index contributed by atoms with van der Waals surface area (Å²) in [7, 11) is 3.15. The zero-order valence-electron chi connectivity index (χ0n) is 19.2. The number of hydrogen-bond donors (Lipinski definition) is 3.